The van der Waals surface area contributed by atoms with Gasteiger partial charge in [-0.3, -0.25) is 0 Å². The van der Waals surface area contributed by atoms with Crippen LogP contribution in [0.2, 0.25) is 0 Å². The molecule has 18 heavy (non-hydrogen) atoms. The van der Waals surface area contributed by atoms with E-state index in [2.05, 4.69) is 13.0 Å². The van der Waals surface area contributed by atoms with E-state index in [1.54, 1.807) is 7.11 Å². The minimum absolute atomic E-state index is 0.136. The van der Waals surface area contributed by atoms with E-state index in [4.69, 9.17) is 20.1 Å². The molecule has 1 aromatic heterocycles. The Balaban J connectivity index is 2.65. The van der Waals surface area contributed by atoms with Gasteiger partial charge in [0.2, 0.25) is 5.88 Å². The lowest BCUT2D eigenvalue weighted by atomic mass is 10.00. The first-order chi connectivity index (χ1) is 8.71. The van der Waals surface area contributed by atoms with Gasteiger partial charge in [0.15, 0.2) is 0 Å². The summed E-state index contributed by atoms with van der Waals surface area (Å²) in [6.45, 7) is 2.07. The van der Waals surface area contributed by atoms with Gasteiger partial charge in [0.05, 0.1) is 7.11 Å². The molecule has 2 aromatic rings. The molecule has 0 fully saturated rings. The van der Waals surface area contributed by atoms with Gasteiger partial charge in [-0.05, 0) is 24.1 Å². The fourth-order valence-corrected chi connectivity index (χ4v) is 1.87. The number of nitrogens with two attached hydrogens (primary N) is 1. The number of benzene rings is 1. The predicted octanol–water partition coefficient (Wildman–Crippen LogP) is 2.97. The number of aryl methyl sites for hydroxylation is 1. The summed E-state index contributed by atoms with van der Waals surface area (Å²) in [5.74, 6) is 0.834. The molecule has 4 heteroatoms. The number of hydrogen-bond donors (Lipinski definition) is 1. The lowest BCUT2D eigenvalue weighted by molar-refractivity contribution is 0.416. The zero-order chi connectivity index (χ0) is 13.1. The topological polar surface area (TPSA) is 72.2 Å². The number of nitrogen functional groups attached to an aromatic ring is 1. The Morgan fingerprint density at radius 2 is 2.17 bits per heavy atom. The van der Waals surface area contributed by atoms with Crippen molar-refractivity contribution < 1.29 is 9.15 Å². The molecule has 92 valence electrons. The zero-order valence-corrected chi connectivity index (χ0v) is 10.4. The van der Waals surface area contributed by atoms with Crippen LogP contribution < -0.4 is 10.5 Å². The highest BCUT2D eigenvalue weighted by molar-refractivity contribution is 5.79. The molecule has 0 saturated heterocycles. The van der Waals surface area contributed by atoms with Crippen LogP contribution in [-0.2, 0) is 6.42 Å². The Hall–Kier alpha value is -2.41. The van der Waals surface area contributed by atoms with Crippen LogP contribution in [0.25, 0.3) is 11.1 Å². The van der Waals surface area contributed by atoms with Gasteiger partial charge in [-0.1, -0.05) is 13.0 Å². The standard InChI is InChI=1S/C14H14N2O2/c1-3-9-4-5-13(17-2)10(6-9)12-8-18-14(16)11(12)7-15/h4-6,8H,3,16H2,1-2H3. The number of anilines is 1. The molecule has 0 aliphatic rings. The molecule has 0 aliphatic heterocycles. The normalized spacial score (nSPS) is 10.1. The third-order valence-electron chi connectivity index (χ3n) is 2.89. The van der Waals surface area contributed by atoms with Crippen molar-refractivity contribution in [3.63, 3.8) is 0 Å². The van der Waals surface area contributed by atoms with Gasteiger partial charge in [0.1, 0.15) is 23.6 Å². The summed E-state index contributed by atoms with van der Waals surface area (Å²) in [5.41, 5.74) is 8.63. The van der Waals surface area contributed by atoms with E-state index < -0.39 is 0 Å². The van der Waals surface area contributed by atoms with Gasteiger partial charge in [0.25, 0.3) is 0 Å². The fourth-order valence-electron chi connectivity index (χ4n) is 1.87. The molecule has 0 unspecified atom stereocenters. The van der Waals surface area contributed by atoms with E-state index in [0.29, 0.717) is 16.9 Å². The van der Waals surface area contributed by atoms with Crippen LogP contribution in [0, 0.1) is 11.3 Å². The summed E-state index contributed by atoms with van der Waals surface area (Å²) in [7, 11) is 1.60. The maximum Gasteiger partial charge on any atom is 0.208 e. The Bertz CT molecular complexity index is 609. The van der Waals surface area contributed by atoms with Crippen LogP contribution in [-0.4, -0.2) is 7.11 Å². The maximum atomic E-state index is 9.11. The van der Waals surface area contributed by atoms with Gasteiger partial charge in [-0.15, -0.1) is 0 Å². The number of rotatable bonds is 3. The summed E-state index contributed by atoms with van der Waals surface area (Å²) in [4.78, 5) is 0. The lowest BCUT2D eigenvalue weighted by Crippen LogP contribution is -1.92. The third-order valence-corrected chi connectivity index (χ3v) is 2.89. The van der Waals surface area contributed by atoms with Crippen LogP contribution in [0.3, 0.4) is 0 Å². The van der Waals surface area contributed by atoms with E-state index in [-0.39, 0.29) is 5.88 Å². The molecule has 1 heterocycles. The summed E-state index contributed by atoms with van der Waals surface area (Å²) < 4.78 is 10.4. The fraction of sp³-hybridized carbons (Fsp3) is 0.214. The number of ether oxygens (including phenoxy) is 1. The first kappa shape index (κ1) is 12.1. The molecule has 0 bridgehead atoms. The van der Waals surface area contributed by atoms with Crippen molar-refractivity contribution in [2.45, 2.75) is 13.3 Å². The number of nitriles is 1. The second-order valence-electron chi connectivity index (χ2n) is 3.89. The molecule has 0 saturated carbocycles. The van der Waals surface area contributed by atoms with E-state index in [1.807, 2.05) is 18.2 Å². The van der Waals surface area contributed by atoms with E-state index >= 15 is 0 Å². The van der Waals surface area contributed by atoms with Crippen molar-refractivity contribution >= 4 is 5.88 Å². The minimum Gasteiger partial charge on any atom is -0.496 e. The van der Waals surface area contributed by atoms with Crippen molar-refractivity contribution in [3.8, 4) is 22.9 Å². The Morgan fingerprint density at radius 3 is 2.78 bits per heavy atom. The molecule has 0 atom stereocenters. The lowest BCUT2D eigenvalue weighted by Gasteiger charge is -2.09. The second-order valence-corrected chi connectivity index (χ2v) is 3.89. The Morgan fingerprint density at radius 1 is 1.39 bits per heavy atom. The quantitative estimate of drug-likeness (QED) is 0.898. The average molecular weight is 242 g/mol. The van der Waals surface area contributed by atoms with Gasteiger partial charge in [0, 0.05) is 11.1 Å². The SMILES string of the molecule is CCc1ccc(OC)c(-c2coc(N)c2C#N)c1. The first-order valence-electron chi connectivity index (χ1n) is 5.65. The molecule has 2 N–H and O–H groups in total. The van der Waals surface area contributed by atoms with Crippen molar-refractivity contribution in [1.82, 2.24) is 0 Å². The van der Waals surface area contributed by atoms with Crippen molar-refractivity contribution in [1.29, 1.82) is 5.26 Å². The van der Waals surface area contributed by atoms with Gasteiger partial charge < -0.3 is 14.9 Å². The maximum absolute atomic E-state index is 9.11. The monoisotopic (exact) mass is 242 g/mol. The zero-order valence-electron chi connectivity index (χ0n) is 10.4. The summed E-state index contributed by atoms with van der Waals surface area (Å²) in [5, 5.41) is 9.11. The second kappa shape index (κ2) is 4.84. The van der Waals surface area contributed by atoms with Crippen molar-refractivity contribution in [2.75, 3.05) is 12.8 Å². The highest BCUT2D eigenvalue weighted by atomic mass is 16.5. The van der Waals surface area contributed by atoms with Crippen LogP contribution in [0.4, 0.5) is 5.88 Å². The average Bonchev–Trinajstić information content (AvgIpc) is 2.78. The van der Waals surface area contributed by atoms with Crippen LogP contribution in [0.15, 0.2) is 28.9 Å². The molecule has 0 radical (unpaired) electrons. The number of nitrogens with zero attached hydrogens (tertiary/aromatic N) is 1. The van der Waals surface area contributed by atoms with Crippen molar-refractivity contribution in [2.24, 2.45) is 0 Å². The number of furan rings is 1. The van der Waals surface area contributed by atoms with Gasteiger partial charge in [-0.25, -0.2) is 0 Å². The molecule has 1 aromatic carbocycles. The summed E-state index contributed by atoms with van der Waals surface area (Å²) in [6, 6.07) is 7.93. The third kappa shape index (κ3) is 1.91. The summed E-state index contributed by atoms with van der Waals surface area (Å²) in [6.07, 6.45) is 2.40. The Labute approximate surface area is 106 Å². The van der Waals surface area contributed by atoms with Gasteiger partial charge in [-0.2, -0.15) is 5.26 Å². The molecule has 0 spiro atoms. The first-order valence-corrected chi connectivity index (χ1v) is 5.65. The highest BCUT2D eigenvalue weighted by Gasteiger charge is 2.16. The smallest absolute Gasteiger partial charge is 0.208 e. The summed E-state index contributed by atoms with van der Waals surface area (Å²) >= 11 is 0. The molecule has 0 aliphatic carbocycles. The van der Waals surface area contributed by atoms with E-state index in [9.17, 15) is 0 Å². The number of methoxy groups -OCH3 is 1. The van der Waals surface area contributed by atoms with Crippen molar-refractivity contribution in [3.05, 3.63) is 35.6 Å². The van der Waals surface area contributed by atoms with E-state index in [0.717, 1.165) is 17.5 Å². The van der Waals surface area contributed by atoms with Crippen LogP contribution >= 0.6 is 0 Å². The minimum atomic E-state index is 0.136. The number of hydrogen-bond acceptors (Lipinski definition) is 4. The molecule has 0 amide bonds. The Kier molecular flexibility index (Phi) is 3.24. The largest absolute Gasteiger partial charge is 0.496 e. The highest BCUT2D eigenvalue weighted by Crippen LogP contribution is 2.36. The van der Waals surface area contributed by atoms with Crippen LogP contribution in [0.1, 0.15) is 18.1 Å². The molecular weight excluding hydrogens is 228 g/mol. The molecule has 2 rings (SSSR count). The molecular formula is C14H14N2O2. The van der Waals surface area contributed by atoms with E-state index in [1.165, 1.54) is 6.26 Å². The molecule has 4 nitrogen and oxygen atoms in total. The predicted molar refractivity (Wildman–Crippen MR) is 69.2 cm³/mol. The van der Waals surface area contributed by atoms with Crippen LogP contribution in [0.5, 0.6) is 5.75 Å². The van der Waals surface area contributed by atoms with Gasteiger partial charge >= 0.3 is 0 Å².